The Bertz CT molecular complexity index is 505. The summed E-state index contributed by atoms with van der Waals surface area (Å²) < 4.78 is 0. The van der Waals surface area contributed by atoms with Crippen LogP contribution in [-0.2, 0) is 4.79 Å². The highest BCUT2D eigenvalue weighted by molar-refractivity contribution is 7.99. The number of nitrogens with two attached hydrogens (primary N) is 1. The summed E-state index contributed by atoms with van der Waals surface area (Å²) in [4.78, 5) is 16.3. The second kappa shape index (κ2) is 5.78. The predicted molar refractivity (Wildman–Crippen MR) is 82.9 cm³/mol. The molecule has 0 bridgehead atoms. The Morgan fingerprint density at radius 2 is 2.20 bits per heavy atom. The summed E-state index contributed by atoms with van der Waals surface area (Å²) in [7, 11) is 0. The molecule has 0 saturated carbocycles. The molecule has 2 heterocycles. The highest BCUT2D eigenvalue weighted by atomic mass is 32.2. The Morgan fingerprint density at radius 1 is 1.40 bits per heavy atom. The van der Waals surface area contributed by atoms with Crippen LogP contribution < -0.4 is 5.73 Å². The summed E-state index contributed by atoms with van der Waals surface area (Å²) in [5, 5.41) is 0. The van der Waals surface area contributed by atoms with Gasteiger partial charge in [0.15, 0.2) is 0 Å². The fraction of sp³-hybridized carbons (Fsp3) is 0.562. The summed E-state index contributed by atoms with van der Waals surface area (Å²) in [6, 6.07) is 8.85. The second-order valence-electron chi connectivity index (χ2n) is 5.82. The number of rotatable bonds is 2. The van der Waals surface area contributed by atoms with Gasteiger partial charge in [-0.3, -0.25) is 4.79 Å². The van der Waals surface area contributed by atoms with E-state index < -0.39 is 0 Å². The first-order chi connectivity index (χ1) is 9.72. The van der Waals surface area contributed by atoms with Crippen molar-refractivity contribution < 1.29 is 4.79 Å². The van der Waals surface area contributed by atoms with Gasteiger partial charge in [-0.2, -0.15) is 0 Å². The molecule has 2 aliphatic heterocycles. The van der Waals surface area contributed by atoms with Crippen LogP contribution in [0.3, 0.4) is 0 Å². The molecule has 2 aliphatic rings. The Labute approximate surface area is 124 Å². The molecule has 4 heteroatoms. The van der Waals surface area contributed by atoms with Gasteiger partial charge in [-0.15, -0.1) is 11.8 Å². The van der Waals surface area contributed by atoms with E-state index in [1.807, 2.05) is 12.1 Å². The van der Waals surface area contributed by atoms with Crippen LogP contribution in [-0.4, -0.2) is 35.2 Å². The van der Waals surface area contributed by atoms with E-state index in [-0.39, 0.29) is 17.9 Å². The quantitative estimate of drug-likeness (QED) is 0.910. The van der Waals surface area contributed by atoms with Crippen molar-refractivity contribution in [3.05, 3.63) is 29.8 Å². The summed E-state index contributed by atoms with van der Waals surface area (Å²) in [6.45, 7) is 2.74. The largest absolute Gasteiger partial charge is 0.335 e. The van der Waals surface area contributed by atoms with E-state index in [9.17, 15) is 4.79 Å². The first-order valence-corrected chi connectivity index (χ1v) is 8.45. The van der Waals surface area contributed by atoms with Crippen molar-refractivity contribution in [3.63, 3.8) is 0 Å². The normalized spacial score (nSPS) is 29.3. The van der Waals surface area contributed by atoms with Crippen LogP contribution in [0, 0.1) is 0 Å². The standard InChI is InChI=1S/C16H22N2OS/c1-11-5-4-6-12(9-17)18(11)16(19)14-10-20-15-8-3-2-7-13(14)15/h2-3,7-8,11-12,14H,4-6,9-10,17H2,1H3. The maximum absolute atomic E-state index is 13.0. The third kappa shape index (κ3) is 2.35. The number of piperidine rings is 1. The highest BCUT2D eigenvalue weighted by Gasteiger charge is 2.38. The van der Waals surface area contributed by atoms with Gasteiger partial charge >= 0.3 is 0 Å². The molecule has 1 fully saturated rings. The number of fused-ring (bicyclic) bond motifs is 1. The minimum absolute atomic E-state index is 0.0193. The van der Waals surface area contributed by atoms with Crippen LogP contribution >= 0.6 is 11.8 Å². The lowest BCUT2D eigenvalue weighted by atomic mass is 9.92. The number of carbonyl (C=O) groups excluding carboxylic acids is 1. The van der Waals surface area contributed by atoms with Crippen LogP contribution in [0.2, 0.25) is 0 Å². The summed E-state index contributed by atoms with van der Waals surface area (Å²) in [6.07, 6.45) is 3.33. The molecule has 1 aromatic rings. The number of carbonyl (C=O) groups is 1. The summed E-state index contributed by atoms with van der Waals surface area (Å²) >= 11 is 1.80. The van der Waals surface area contributed by atoms with Gasteiger partial charge in [0.1, 0.15) is 0 Å². The van der Waals surface area contributed by atoms with Gasteiger partial charge in [-0.1, -0.05) is 18.2 Å². The van der Waals surface area contributed by atoms with Crippen molar-refractivity contribution in [2.45, 2.75) is 49.1 Å². The summed E-state index contributed by atoms with van der Waals surface area (Å²) in [5.41, 5.74) is 7.09. The molecule has 0 radical (unpaired) electrons. The van der Waals surface area contributed by atoms with Gasteiger partial charge in [0, 0.05) is 29.3 Å². The van der Waals surface area contributed by atoms with Crippen LogP contribution in [0.25, 0.3) is 0 Å². The van der Waals surface area contributed by atoms with Crippen LogP contribution in [0.5, 0.6) is 0 Å². The van der Waals surface area contributed by atoms with Gasteiger partial charge in [0.05, 0.1) is 5.92 Å². The van der Waals surface area contributed by atoms with E-state index >= 15 is 0 Å². The van der Waals surface area contributed by atoms with Gasteiger partial charge in [0.25, 0.3) is 0 Å². The van der Waals surface area contributed by atoms with Gasteiger partial charge < -0.3 is 10.6 Å². The average molecular weight is 290 g/mol. The molecule has 20 heavy (non-hydrogen) atoms. The number of thioether (sulfide) groups is 1. The summed E-state index contributed by atoms with van der Waals surface area (Å²) in [5.74, 6) is 1.18. The molecule has 3 atom stereocenters. The molecule has 3 nitrogen and oxygen atoms in total. The van der Waals surface area contributed by atoms with Crippen molar-refractivity contribution >= 4 is 17.7 Å². The zero-order valence-corrected chi connectivity index (χ0v) is 12.7. The fourth-order valence-corrected chi connectivity index (χ4v) is 4.68. The smallest absolute Gasteiger partial charge is 0.231 e. The average Bonchev–Trinajstić information content (AvgIpc) is 2.90. The second-order valence-corrected chi connectivity index (χ2v) is 6.88. The van der Waals surface area contributed by atoms with E-state index in [0.29, 0.717) is 12.6 Å². The molecule has 3 unspecified atom stereocenters. The Hall–Kier alpha value is -1.00. The molecule has 0 spiro atoms. The molecule has 1 aromatic carbocycles. The van der Waals surface area contributed by atoms with Crippen LogP contribution in [0.4, 0.5) is 0 Å². The molecular weight excluding hydrogens is 268 g/mol. The van der Waals surface area contributed by atoms with E-state index in [2.05, 4.69) is 24.0 Å². The van der Waals surface area contributed by atoms with Gasteiger partial charge in [0.2, 0.25) is 5.91 Å². The molecule has 108 valence electrons. The minimum Gasteiger partial charge on any atom is -0.335 e. The molecule has 3 rings (SSSR count). The lowest BCUT2D eigenvalue weighted by Gasteiger charge is -2.41. The minimum atomic E-state index is 0.0193. The number of amides is 1. The van der Waals surface area contributed by atoms with Crippen molar-refractivity contribution in [2.75, 3.05) is 12.3 Å². The zero-order valence-electron chi connectivity index (χ0n) is 11.9. The predicted octanol–water partition coefficient (Wildman–Crippen LogP) is 2.60. The Kier molecular flexibility index (Phi) is 4.03. The lowest BCUT2D eigenvalue weighted by molar-refractivity contribution is -0.138. The third-order valence-corrected chi connectivity index (χ3v) is 5.73. The topological polar surface area (TPSA) is 46.3 Å². The number of hydrogen-bond acceptors (Lipinski definition) is 3. The van der Waals surface area contributed by atoms with Crippen LogP contribution in [0.15, 0.2) is 29.2 Å². The van der Waals surface area contributed by atoms with Crippen molar-refractivity contribution in [2.24, 2.45) is 5.73 Å². The van der Waals surface area contributed by atoms with Crippen molar-refractivity contribution in [1.29, 1.82) is 0 Å². The highest BCUT2D eigenvalue weighted by Crippen LogP contribution is 2.41. The number of nitrogens with zero attached hydrogens (tertiary/aromatic N) is 1. The maximum Gasteiger partial charge on any atom is 0.231 e. The molecule has 0 aliphatic carbocycles. The van der Waals surface area contributed by atoms with Crippen molar-refractivity contribution in [3.8, 4) is 0 Å². The third-order valence-electron chi connectivity index (χ3n) is 4.55. The van der Waals surface area contributed by atoms with Crippen LogP contribution in [0.1, 0.15) is 37.7 Å². The van der Waals surface area contributed by atoms with E-state index in [1.54, 1.807) is 11.8 Å². The monoisotopic (exact) mass is 290 g/mol. The Morgan fingerprint density at radius 3 is 3.00 bits per heavy atom. The number of likely N-dealkylation sites (tertiary alicyclic amines) is 1. The Balaban J connectivity index is 1.85. The zero-order chi connectivity index (χ0) is 14.1. The van der Waals surface area contributed by atoms with E-state index in [4.69, 9.17) is 5.73 Å². The maximum atomic E-state index is 13.0. The van der Waals surface area contributed by atoms with Crippen molar-refractivity contribution in [1.82, 2.24) is 4.90 Å². The van der Waals surface area contributed by atoms with Gasteiger partial charge in [-0.25, -0.2) is 0 Å². The van der Waals surface area contributed by atoms with E-state index in [0.717, 1.165) is 18.6 Å². The SMILES string of the molecule is CC1CCCC(CN)N1C(=O)C1CSc2ccccc21. The number of hydrogen-bond donors (Lipinski definition) is 1. The first-order valence-electron chi connectivity index (χ1n) is 7.46. The molecule has 1 saturated heterocycles. The molecule has 0 aromatic heterocycles. The lowest BCUT2D eigenvalue weighted by Crippen LogP contribution is -2.53. The number of benzene rings is 1. The molecular formula is C16H22N2OS. The van der Waals surface area contributed by atoms with E-state index in [1.165, 1.54) is 16.9 Å². The molecule has 2 N–H and O–H groups in total. The van der Waals surface area contributed by atoms with Gasteiger partial charge in [-0.05, 0) is 37.8 Å². The fourth-order valence-electron chi connectivity index (χ4n) is 3.46. The molecule has 1 amide bonds. The first kappa shape index (κ1) is 14.0.